The molecule has 5 heteroatoms. The summed E-state index contributed by atoms with van der Waals surface area (Å²) in [5.74, 6) is 2.02. The van der Waals surface area contributed by atoms with Crippen molar-refractivity contribution in [1.82, 2.24) is 10.6 Å². The van der Waals surface area contributed by atoms with E-state index in [-0.39, 0.29) is 11.9 Å². The van der Waals surface area contributed by atoms with Crippen LogP contribution in [0.25, 0.3) is 0 Å². The normalized spacial score (nSPS) is 16.1. The van der Waals surface area contributed by atoms with Crippen LogP contribution in [0.15, 0.2) is 18.2 Å². The van der Waals surface area contributed by atoms with Crippen LogP contribution in [0.4, 0.5) is 0 Å². The van der Waals surface area contributed by atoms with Crippen molar-refractivity contribution < 1.29 is 14.3 Å². The Morgan fingerprint density at radius 2 is 2.15 bits per heavy atom. The van der Waals surface area contributed by atoms with Gasteiger partial charge in [-0.25, -0.2) is 0 Å². The van der Waals surface area contributed by atoms with E-state index in [9.17, 15) is 4.79 Å². The first-order valence-electron chi connectivity index (χ1n) is 6.86. The van der Waals surface area contributed by atoms with Crippen LogP contribution in [0, 0.1) is 5.92 Å². The van der Waals surface area contributed by atoms with Crippen molar-refractivity contribution in [2.45, 2.75) is 19.4 Å². The average molecular weight is 278 g/mol. The van der Waals surface area contributed by atoms with Crippen LogP contribution in [0.5, 0.6) is 11.5 Å². The van der Waals surface area contributed by atoms with Gasteiger partial charge < -0.3 is 20.1 Å². The number of carbonyl (C=O) groups is 1. The molecule has 1 atom stereocenters. The Balaban J connectivity index is 2.00. The van der Waals surface area contributed by atoms with Crippen LogP contribution in [-0.2, 0) is 4.79 Å². The van der Waals surface area contributed by atoms with Gasteiger partial charge in [0.15, 0.2) is 0 Å². The van der Waals surface area contributed by atoms with E-state index in [0.717, 1.165) is 30.2 Å². The summed E-state index contributed by atoms with van der Waals surface area (Å²) in [6.07, 6.45) is 0.579. The average Bonchev–Trinajstić information content (AvgIpc) is 2.42. The molecule has 2 rings (SSSR count). The molecule has 1 aromatic carbocycles. The first kappa shape index (κ1) is 14.7. The minimum atomic E-state index is -0.0867. The molecule has 0 aliphatic carbocycles. The van der Waals surface area contributed by atoms with E-state index in [1.165, 1.54) is 0 Å². The summed E-state index contributed by atoms with van der Waals surface area (Å²) in [6.45, 7) is 3.84. The number of methoxy groups -OCH3 is 2. The first-order valence-corrected chi connectivity index (χ1v) is 6.86. The molecular formula is C15H22N2O3. The number of rotatable bonds is 6. The molecule has 0 saturated carbocycles. The zero-order valence-electron chi connectivity index (χ0n) is 12.2. The molecular weight excluding hydrogens is 256 g/mol. The summed E-state index contributed by atoms with van der Waals surface area (Å²) in [4.78, 5) is 11.9. The van der Waals surface area contributed by atoms with Gasteiger partial charge in [-0.2, -0.15) is 0 Å². The number of hydrogen-bond acceptors (Lipinski definition) is 4. The molecule has 1 aromatic rings. The molecule has 2 N–H and O–H groups in total. The Kier molecular flexibility index (Phi) is 4.84. The Hall–Kier alpha value is -1.75. The van der Waals surface area contributed by atoms with Gasteiger partial charge in [0.1, 0.15) is 11.5 Å². The van der Waals surface area contributed by atoms with Gasteiger partial charge in [0.2, 0.25) is 5.91 Å². The maximum atomic E-state index is 11.9. The number of carbonyl (C=O) groups excluding carboxylic acids is 1. The van der Waals surface area contributed by atoms with Crippen molar-refractivity contribution in [3.63, 3.8) is 0 Å². The Morgan fingerprint density at radius 3 is 2.70 bits per heavy atom. The largest absolute Gasteiger partial charge is 0.497 e. The van der Waals surface area contributed by atoms with Crippen LogP contribution in [0.1, 0.15) is 24.9 Å². The zero-order chi connectivity index (χ0) is 14.5. The summed E-state index contributed by atoms with van der Waals surface area (Å²) in [5.41, 5.74) is 0.952. The van der Waals surface area contributed by atoms with E-state index in [4.69, 9.17) is 9.47 Å². The van der Waals surface area contributed by atoms with Crippen LogP contribution in [-0.4, -0.2) is 33.2 Å². The molecule has 110 valence electrons. The minimum Gasteiger partial charge on any atom is -0.497 e. The lowest BCUT2D eigenvalue weighted by atomic mass is 9.98. The van der Waals surface area contributed by atoms with Gasteiger partial charge in [-0.3, -0.25) is 4.79 Å². The maximum Gasteiger partial charge on any atom is 0.220 e. The van der Waals surface area contributed by atoms with Gasteiger partial charge in [-0.15, -0.1) is 0 Å². The van der Waals surface area contributed by atoms with Gasteiger partial charge in [-0.05, 0) is 38.1 Å². The second-order valence-electron chi connectivity index (χ2n) is 5.13. The molecule has 0 aromatic heterocycles. The fraction of sp³-hybridized carbons (Fsp3) is 0.533. The van der Waals surface area contributed by atoms with Gasteiger partial charge in [0.25, 0.3) is 0 Å². The summed E-state index contributed by atoms with van der Waals surface area (Å²) in [6, 6.07) is 5.54. The fourth-order valence-corrected chi connectivity index (χ4v) is 2.31. The highest BCUT2D eigenvalue weighted by atomic mass is 16.5. The second kappa shape index (κ2) is 6.61. The predicted octanol–water partition coefficient (Wildman–Crippen LogP) is 1.49. The summed E-state index contributed by atoms with van der Waals surface area (Å²) in [7, 11) is 3.24. The molecule has 20 heavy (non-hydrogen) atoms. The smallest absolute Gasteiger partial charge is 0.220 e. The zero-order valence-corrected chi connectivity index (χ0v) is 12.2. The van der Waals surface area contributed by atoms with Crippen molar-refractivity contribution in [3.05, 3.63) is 23.8 Å². The number of nitrogens with one attached hydrogen (secondary N) is 2. The van der Waals surface area contributed by atoms with E-state index < -0.39 is 0 Å². The number of benzene rings is 1. The fourth-order valence-electron chi connectivity index (χ4n) is 2.31. The van der Waals surface area contributed by atoms with Gasteiger partial charge in [0.05, 0.1) is 20.3 Å². The van der Waals surface area contributed by atoms with Crippen LogP contribution in [0.2, 0.25) is 0 Å². The molecule has 0 bridgehead atoms. The quantitative estimate of drug-likeness (QED) is 0.827. The predicted molar refractivity (Wildman–Crippen MR) is 77.1 cm³/mol. The molecule has 1 saturated heterocycles. The maximum absolute atomic E-state index is 11.9. The Labute approximate surface area is 119 Å². The van der Waals surface area contributed by atoms with Gasteiger partial charge in [0, 0.05) is 18.1 Å². The SMILES string of the molecule is COc1ccc(C(C)NC(=O)CC2CNC2)c(OC)c1. The minimum absolute atomic E-state index is 0.0851. The van der Waals surface area contributed by atoms with Gasteiger partial charge in [-0.1, -0.05) is 0 Å². The van der Waals surface area contributed by atoms with Gasteiger partial charge >= 0.3 is 0 Å². The van der Waals surface area contributed by atoms with Crippen molar-refractivity contribution in [2.24, 2.45) is 5.92 Å². The third-order valence-electron chi connectivity index (χ3n) is 3.62. The summed E-state index contributed by atoms with van der Waals surface area (Å²) in [5, 5.41) is 6.19. The van der Waals surface area contributed by atoms with Crippen molar-refractivity contribution in [2.75, 3.05) is 27.3 Å². The lowest BCUT2D eigenvalue weighted by molar-refractivity contribution is -0.123. The Morgan fingerprint density at radius 1 is 1.40 bits per heavy atom. The van der Waals surface area contributed by atoms with Crippen molar-refractivity contribution in [1.29, 1.82) is 0 Å². The highest BCUT2D eigenvalue weighted by Gasteiger charge is 2.22. The third kappa shape index (κ3) is 3.42. The molecule has 0 radical (unpaired) electrons. The van der Waals surface area contributed by atoms with Crippen LogP contribution >= 0.6 is 0 Å². The van der Waals surface area contributed by atoms with E-state index in [1.807, 2.05) is 25.1 Å². The van der Waals surface area contributed by atoms with Crippen LogP contribution in [0.3, 0.4) is 0 Å². The molecule has 1 heterocycles. The third-order valence-corrected chi connectivity index (χ3v) is 3.62. The standard InChI is InChI=1S/C15H22N2O3/c1-10(17-15(18)6-11-8-16-9-11)13-5-4-12(19-2)7-14(13)20-3/h4-5,7,10-11,16H,6,8-9H2,1-3H3,(H,17,18). The molecule has 1 amide bonds. The number of amides is 1. The number of ether oxygens (including phenoxy) is 2. The molecule has 1 aliphatic heterocycles. The van der Waals surface area contributed by atoms with E-state index in [0.29, 0.717) is 12.3 Å². The molecule has 0 spiro atoms. The molecule has 5 nitrogen and oxygen atoms in total. The second-order valence-corrected chi connectivity index (χ2v) is 5.13. The van der Waals surface area contributed by atoms with E-state index in [2.05, 4.69) is 10.6 Å². The lowest BCUT2D eigenvalue weighted by Crippen LogP contribution is -2.44. The summed E-state index contributed by atoms with van der Waals surface area (Å²) < 4.78 is 10.5. The van der Waals surface area contributed by atoms with Crippen molar-refractivity contribution >= 4 is 5.91 Å². The highest BCUT2D eigenvalue weighted by molar-refractivity contribution is 5.77. The van der Waals surface area contributed by atoms with Crippen molar-refractivity contribution in [3.8, 4) is 11.5 Å². The Bertz CT molecular complexity index is 472. The van der Waals surface area contributed by atoms with Crippen LogP contribution < -0.4 is 20.1 Å². The topological polar surface area (TPSA) is 59.6 Å². The first-order chi connectivity index (χ1) is 9.63. The number of hydrogen-bond donors (Lipinski definition) is 2. The monoisotopic (exact) mass is 278 g/mol. The van der Waals surface area contributed by atoms with E-state index in [1.54, 1.807) is 14.2 Å². The summed E-state index contributed by atoms with van der Waals surface area (Å²) >= 11 is 0. The molecule has 1 aliphatic rings. The molecule has 1 fully saturated rings. The van der Waals surface area contributed by atoms with E-state index >= 15 is 0 Å². The molecule has 1 unspecified atom stereocenters. The lowest BCUT2D eigenvalue weighted by Gasteiger charge is -2.27. The highest BCUT2D eigenvalue weighted by Crippen LogP contribution is 2.29.